The number of carbonyl (C=O) groups is 2. The third kappa shape index (κ3) is 3.48. The summed E-state index contributed by atoms with van der Waals surface area (Å²) < 4.78 is 0. The smallest absolute Gasteiger partial charge is 0.319 e. The zero-order chi connectivity index (χ0) is 18.0. The second-order valence-electron chi connectivity index (χ2n) is 6.59. The Morgan fingerprint density at radius 2 is 1.64 bits per heavy atom. The largest absolute Gasteiger partial charge is 0.327 e. The van der Waals surface area contributed by atoms with Crippen molar-refractivity contribution >= 4 is 11.8 Å². The maximum Gasteiger partial charge on any atom is 0.319 e. The average Bonchev–Trinajstić information content (AvgIpc) is 2.61. The molecule has 0 aromatic heterocycles. The molecule has 1 aliphatic heterocycles. The summed E-state index contributed by atoms with van der Waals surface area (Å²) in [6, 6.07) is 16.4. The van der Waals surface area contributed by atoms with Crippen LogP contribution in [0.1, 0.15) is 54.2 Å². The van der Waals surface area contributed by atoms with E-state index in [0.717, 1.165) is 5.56 Å². The van der Waals surface area contributed by atoms with Crippen LogP contribution in [0.3, 0.4) is 0 Å². The molecule has 1 heterocycles. The number of ketones is 1. The van der Waals surface area contributed by atoms with E-state index in [4.69, 9.17) is 0 Å². The van der Waals surface area contributed by atoms with Crippen molar-refractivity contribution in [1.82, 2.24) is 10.6 Å². The number of amides is 2. The summed E-state index contributed by atoms with van der Waals surface area (Å²) in [5.41, 5.74) is 3.90. The average molecular weight is 334 g/mol. The molecule has 0 fully saturated rings. The highest BCUT2D eigenvalue weighted by atomic mass is 16.2. The van der Waals surface area contributed by atoms with Gasteiger partial charge in [-0.1, -0.05) is 68.4 Å². The van der Waals surface area contributed by atoms with Crippen molar-refractivity contribution < 1.29 is 9.59 Å². The minimum absolute atomic E-state index is 0.0801. The Hall–Kier alpha value is -2.88. The molecule has 2 aromatic carbocycles. The van der Waals surface area contributed by atoms with Gasteiger partial charge in [0.05, 0.1) is 6.04 Å². The first-order chi connectivity index (χ1) is 12.0. The number of hydrogen-bond donors (Lipinski definition) is 2. The Balaban J connectivity index is 2.02. The molecule has 1 atom stereocenters. The highest BCUT2D eigenvalue weighted by Crippen LogP contribution is 2.30. The fraction of sp³-hybridized carbons (Fsp3) is 0.238. The van der Waals surface area contributed by atoms with Crippen molar-refractivity contribution in [2.24, 2.45) is 0 Å². The number of urea groups is 1. The summed E-state index contributed by atoms with van der Waals surface area (Å²) in [6.45, 7) is 6.04. The van der Waals surface area contributed by atoms with E-state index in [1.807, 2.05) is 42.5 Å². The fourth-order valence-corrected chi connectivity index (χ4v) is 3.06. The summed E-state index contributed by atoms with van der Waals surface area (Å²) in [7, 11) is 0. The second-order valence-corrected chi connectivity index (χ2v) is 6.59. The van der Waals surface area contributed by atoms with Crippen LogP contribution in [0.2, 0.25) is 0 Å². The topological polar surface area (TPSA) is 58.2 Å². The molecule has 0 saturated carbocycles. The molecule has 2 N–H and O–H groups in total. The molecule has 0 aliphatic carbocycles. The van der Waals surface area contributed by atoms with Gasteiger partial charge in [0.1, 0.15) is 0 Å². The van der Waals surface area contributed by atoms with Crippen LogP contribution >= 0.6 is 0 Å². The van der Waals surface area contributed by atoms with E-state index in [0.29, 0.717) is 22.8 Å². The molecule has 4 heteroatoms. The molecule has 25 heavy (non-hydrogen) atoms. The van der Waals surface area contributed by atoms with Gasteiger partial charge >= 0.3 is 6.03 Å². The molecule has 2 aromatic rings. The quantitative estimate of drug-likeness (QED) is 0.818. The van der Waals surface area contributed by atoms with Gasteiger partial charge in [0.2, 0.25) is 0 Å². The van der Waals surface area contributed by atoms with Gasteiger partial charge in [0.25, 0.3) is 0 Å². The molecule has 0 bridgehead atoms. The Labute approximate surface area is 148 Å². The van der Waals surface area contributed by atoms with E-state index >= 15 is 0 Å². The first-order valence-corrected chi connectivity index (χ1v) is 8.45. The van der Waals surface area contributed by atoms with E-state index in [1.165, 1.54) is 5.56 Å². The van der Waals surface area contributed by atoms with E-state index in [2.05, 4.69) is 24.5 Å². The molecule has 3 rings (SSSR count). The number of hydrogen-bond acceptors (Lipinski definition) is 2. The maximum absolute atomic E-state index is 13.0. The van der Waals surface area contributed by atoms with Crippen LogP contribution < -0.4 is 10.6 Å². The van der Waals surface area contributed by atoms with Crippen LogP contribution in [-0.4, -0.2) is 11.8 Å². The SMILES string of the molecule is CC1=C(C(=O)c2ccccc2)[C@H](c2ccc(C(C)C)cc2)NC(=O)N1. The summed E-state index contributed by atoms with van der Waals surface area (Å²) in [6.07, 6.45) is 0. The first kappa shape index (κ1) is 17.0. The third-order valence-corrected chi connectivity index (χ3v) is 4.49. The lowest BCUT2D eigenvalue weighted by Crippen LogP contribution is -2.45. The predicted molar refractivity (Wildman–Crippen MR) is 98.4 cm³/mol. The van der Waals surface area contributed by atoms with Crippen LogP contribution in [-0.2, 0) is 0 Å². The van der Waals surface area contributed by atoms with Crippen molar-refractivity contribution in [1.29, 1.82) is 0 Å². The Kier molecular flexibility index (Phi) is 4.70. The van der Waals surface area contributed by atoms with Gasteiger partial charge in [-0.15, -0.1) is 0 Å². The molecule has 0 saturated heterocycles. The second kappa shape index (κ2) is 6.93. The van der Waals surface area contributed by atoms with E-state index in [-0.39, 0.29) is 11.8 Å². The molecule has 0 unspecified atom stereocenters. The Bertz CT molecular complexity index is 821. The van der Waals surface area contributed by atoms with Gasteiger partial charge in [-0.25, -0.2) is 4.79 Å². The number of nitrogens with one attached hydrogen (secondary N) is 2. The third-order valence-electron chi connectivity index (χ3n) is 4.49. The van der Waals surface area contributed by atoms with Gasteiger partial charge in [-0.2, -0.15) is 0 Å². The minimum Gasteiger partial charge on any atom is -0.327 e. The maximum atomic E-state index is 13.0. The number of carbonyl (C=O) groups excluding carboxylic acids is 2. The molecule has 128 valence electrons. The molecule has 0 radical (unpaired) electrons. The lowest BCUT2D eigenvalue weighted by Gasteiger charge is -2.29. The van der Waals surface area contributed by atoms with Crippen LogP contribution in [0.25, 0.3) is 0 Å². The van der Waals surface area contributed by atoms with E-state index in [1.54, 1.807) is 19.1 Å². The van der Waals surface area contributed by atoms with E-state index in [9.17, 15) is 9.59 Å². The Morgan fingerprint density at radius 3 is 2.24 bits per heavy atom. The predicted octanol–water partition coefficient (Wildman–Crippen LogP) is 4.32. The number of Topliss-reactive ketones (excluding diaryl/α,β-unsaturated/α-hetero) is 1. The summed E-state index contributed by atoms with van der Waals surface area (Å²) >= 11 is 0. The molecular weight excluding hydrogens is 312 g/mol. The van der Waals surface area contributed by atoms with Crippen molar-refractivity contribution in [3.05, 3.63) is 82.6 Å². The minimum atomic E-state index is -0.456. The molecule has 1 aliphatic rings. The summed E-state index contributed by atoms with van der Waals surface area (Å²) in [5.74, 6) is 0.350. The van der Waals surface area contributed by atoms with Gasteiger partial charge in [0.15, 0.2) is 5.78 Å². The summed E-state index contributed by atoms with van der Waals surface area (Å²) in [4.78, 5) is 25.0. The van der Waals surface area contributed by atoms with Gasteiger partial charge in [-0.05, 0) is 24.0 Å². The highest BCUT2D eigenvalue weighted by Gasteiger charge is 2.31. The highest BCUT2D eigenvalue weighted by molar-refractivity contribution is 6.11. The molecule has 0 spiro atoms. The molecular formula is C21H22N2O2. The number of allylic oxidation sites excluding steroid dienone is 1. The first-order valence-electron chi connectivity index (χ1n) is 8.45. The van der Waals surface area contributed by atoms with Crippen LogP contribution in [0, 0.1) is 0 Å². The van der Waals surface area contributed by atoms with Crippen molar-refractivity contribution in [2.75, 3.05) is 0 Å². The lowest BCUT2D eigenvalue weighted by atomic mass is 9.88. The number of rotatable bonds is 4. The molecule has 4 nitrogen and oxygen atoms in total. The number of benzene rings is 2. The van der Waals surface area contributed by atoms with Crippen LogP contribution in [0.5, 0.6) is 0 Å². The normalized spacial score (nSPS) is 17.3. The monoisotopic (exact) mass is 334 g/mol. The lowest BCUT2D eigenvalue weighted by molar-refractivity contribution is 0.102. The van der Waals surface area contributed by atoms with Crippen molar-refractivity contribution in [3.8, 4) is 0 Å². The van der Waals surface area contributed by atoms with Gasteiger partial charge < -0.3 is 10.6 Å². The van der Waals surface area contributed by atoms with E-state index < -0.39 is 6.04 Å². The zero-order valence-electron chi connectivity index (χ0n) is 14.7. The zero-order valence-corrected chi connectivity index (χ0v) is 14.7. The Morgan fingerprint density at radius 1 is 1.00 bits per heavy atom. The van der Waals surface area contributed by atoms with Gasteiger partial charge in [0, 0.05) is 16.8 Å². The fourth-order valence-electron chi connectivity index (χ4n) is 3.06. The van der Waals surface area contributed by atoms with Crippen LogP contribution in [0.4, 0.5) is 4.79 Å². The molecule has 2 amide bonds. The summed E-state index contributed by atoms with van der Waals surface area (Å²) in [5, 5.41) is 5.60. The van der Waals surface area contributed by atoms with Crippen LogP contribution in [0.15, 0.2) is 65.9 Å². The van der Waals surface area contributed by atoms with Crippen molar-refractivity contribution in [2.45, 2.75) is 32.7 Å². The van der Waals surface area contributed by atoms with Gasteiger partial charge in [-0.3, -0.25) is 4.79 Å². The van der Waals surface area contributed by atoms with Crippen molar-refractivity contribution in [3.63, 3.8) is 0 Å². The standard InChI is InChI=1S/C21H22N2O2/c1-13(2)15-9-11-16(12-10-15)19-18(14(3)22-21(25)23-19)20(24)17-7-5-4-6-8-17/h4-13,19H,1-3H3,(H2,22,23,25)/t19-/m0/s1.